The first-order valence-corrected chi connectivity index (χ1v) is 11.3. The molecule has 4 aromatic carbocycles. The van der Waals surface area contributed by atoms with Crippen LogP contribution >= 0.6 is 0 Å². The number of hydrogen-bond donors (Lipinski definition) is 1. The van der Waals surface area contributed by atoms with Gasteiger partial charge in [-0.25, -0.2) is 9.98 Å². The normalized spacial score (nSPS) is 13.2. The Morgan fingerprint density at radius 2 is 1.37 bits per heavy atom. The topological polar surface area (TPSA) is 59.6 Å². The molecule has 2 heterocycles. The maximum Gasteiger partial charge on any atom is 0.224 e. The quantitative estimate of drug-likeness (QED) is 0.381. The summed E-state index contributed by atoms with van der Waals surface area (Å²) in [6, 6.07) is 35.0. The monoisotopic (exact) mass is 455 g/mol. The van der Waals surface area contributed by atoms with Gasteiger partial charge in [-0.05, 0) is 54.6 Å². The smallest absolute Gasteiger partial charge is 0.224 e. The summed E-state index contributed by atoms with van der Waals surface area (Å²) >= 11 is 0. The van der Waals surface area contributed by atoms with Crippen molar-refractivity contribution in [3.63, 3.8) is 0 Å². The van der Waals surface area contributed by atoms with Crippen LogP contribution in [0.4, 0.5) is 0 Å². The van der Waals surface area contributed by atoms with E-state index in [-0.39, 0.29) is 5.88 Å². The lowest BCUT2D eigenvalue weighted by atomic mass is 10.2. The Bertz CT molecular complexity index is 1620. The first kappa shape index (κ1) is 20.7. The molecule has 0 fully saturated rings. The second kappa shape index (κ2) is 8.80. The molecule has 0 radical (unpaired) electrons. The summed E-state index contributed by atoms with van der Waals surface area (Å²) in [5.74, 6) is 2.16. The maximum absolute atomic E-state index is 11.3. The van der Waals surface area contributed by atoms with Crippen LogP contribution in [0.25, 0.3) is 29.2 Å². The maximum atomic E-state index is 11.3. The third-order valence-corrected chi connectivity index (χ3v) is 5.76. The van der Waals surface area contributed by atoms with E-state index in [1.54, 1.807) is 4.57 Å². The van der Waals surface area contributed by atoms with Gasteiger partial charge in [0.05, 0.1) is 16.7 Å². The molecule has 6 rings (SSSR count). The van der Waals surface area contributed by atoms with Gasteiger partial charge >= 0.3 is 0 Å². The third-order valence-electron chi connectivity index (χ3n) is 5.76. The van der Waals surface area contributed by atoms with Crippen molar-refractivity contribution in [2.75, 3.05) is 0 Å². The molecular formula is C30H21N3O2. The zero-order valence-electron chi connectivity index (χ0n) is 18.7. The molecule has 0 atom stereocenters. The summed E-state index contributed by atoms with van der Waals surface area (Å²) in [7, 11) is 0. The van der Waals surface area contributed by atoms with E-state index >= 15 is 0 Å². The number of imidazole rings is 1. The molecule has 0 spiro atoms. The van der Waals surface area contributed by atoms with Crippen molar-refractivity contribution >= 4 is 12.2 Å². The van der Waals surface area contributed by atoms with Gasteiger partial charge in [-0.3, -0.25) is 4.57 Å². The summed E-state index contributed by atoms with van der Waals surface area (Å²) in [5.41, 5.74) is 2.87. The van der Waals surface area contributed by atoms with E-state index in [0.29, 0.717) is 17.3 Å². The fourth-order valence-corrected chi connectivity index (χ4v) is 4.10. The number of para-hydroxylation sites is 2. The molecule has 1 aliphatic heterocycles. The second-order valence-electron chi connectivity index (χ2n) is 8.14. The van der Waals surface area contributed by atoms with Crippen molar-refractivity contribution in [3.05, 3.63) is 131 Å². The predicted molar refractivity (Wildman–Crippen MR) is 137 cm³/mol. The summed E-state index contributed by atoms with van der Waals surface area (Å²) in [6.07, 6.45) is 3.80. The van der Waals surface area contributed by atoms with Gasteiger partial charge < -0.3 is 9.84 Å². The molecule has 0 bridgehead atoms. The Kier molecular flexibility index (Phi) is 5.20. The largest absolute Gasteiger partial charge is 0.493 e. The molecule has 1 N–H and O–H groups in total. The molecule has 0 saturated heterocycles. The zero-order chi connectivity index (χ0) is 23.6. The molecule has 0 saturated carbocycles. The molecule has 1 aromatic heterocycles. The first-order chi connectivity index (χ1) is 17.2. The summed E-state index contributed by atoms with van der Waals surface area (Å²) < 4.78 is 7.67. The average molecular weight is 456 g/mol. The van der Waals surface area contributed by atoms with Gasteiger partial charge in [0.15, 0.2) is 0 Å². The summed E-state index contributed by atoms with van der Waals surface area (Å²) in [4.78, 5) is 9.45. The number of benzene rings is 4. The third kappa shape index (κ3) is 4.11. The molecule has 0 aliphatic carbocycles. The van der Waals surface area contributed by atoms with E-state index in [0.717, 1.165) is 33.3 Å². The van der Waals surface area contributed by atoms with Gasteiger partial charge in [0, 0.05) is 10.8 Å². The van der Waals surface area contributed by atoms with Crippen LogP contribution < -0.4 is 15.3 Å². The number of aromatic nitrogens is 2. The molecular weight excluding hydrogens is 434 g/mol. The van der Waals surface area contributed by atoms with E-state index in [1.807, 2.05) is 121 Å². The number of nitrogens with zero attached hydrogens (tertiary/aromatic N) is 3. The average Bonchev–Trinajstić information content (AvgIpc) is 3.46. The van der Waals surface area contributed by atoms with Crippen molar-refractivity contribution in [1.29, 1.82) is 0 Å². The van der Waals surface area contributed by atoms with Gasteiger partial charge in [0.2, 0.25) is 5.88 Å². The molecule has 0 amide bonds. The van der Waals surface area contributed by atoms with E-state index in [1.165, 1.54) is 0 Å². The van der Waals surface area contributed by atoms with Crippen LogP contribution in [0.2, 0.25) is 0 Å². The second-order valence-corrected chi connectivity index (χ2v) is 8.14. The highest BCUT2D eigenvalue weighted by molar-refractivity contribution is 5.71. The van der Waals surface area contributed by atoms with Gasteiger partial charge in [0.1, 0.15) is 23.0 Å². The molecule has 35 heavy (non-hydrogen) atoms. The lowest BCUT2D eigenvalue weighted by molar-refractivity contribution is 0.442. The van der Waals surface area contributed by atoms with E-state index < -0.39 is 0 Å². The minimum absolute atomic E-state index is 0.0487. The Morgan fingerprint density at radius 3 is 2.11 bits per heavy atom. The molecule has 5 nitrogen and oxygen atoms in total. The highest BCUT2D eigenvalue weighted by Gasteiger charge is 2.19. The minimum atomic E-state index is 0.0487. The number of hydrogen-bond acceptors (Lipinski definition) is 4. The lowest BCUT2D eigenvalue weighted by Crippen LogP contribution is -2.19. The summed E-state index contributed by atoms with van der Waals surface area (Å²) in [5, 5.41) is 13.2. The van der Waals surface area contributed by atoms with Crippen molar-refractivity contribution < 1.29 is 9.84 Å². The number of rotatable bonds is 5. The van der Waals surface area contributed by atoms with Crippen molar-refractivity contribution in [2.24, 2.45) is 4.99 Å². The van der Waals surface area contributed by atoms with Crippen molar-refractivity contribution in [1.82, 2.24) is 9.55 Å². The Labute approximate surface area is 202 Å². The van der Waals surface area contributed by atoms with Gasteiger partial charge in [-0.15, -0.1) is 0 Å². The Hall–Kier alpha value is -4.90. The van der Waals surface area contributed by atoms with Crippen molar-refractivity contribution in [3.8, 4) is 34.5 Å². The van der Waals surface area contributed by atoms with Crippen LogP contribution in [0.15, 0.2) is 120 Å². The fourth-order valence-electron chi connectivity index (χ4n) is 4.10. The standard InChI is InChI=1S/C30H21N3O2/c34-30-28(20-23-19-22-11-7-8-14-27(22)31-23)32-29(21-9-3-1-4-10-21)33(30)24-15-17-26(18-16-24)35-25-12-5-2-6-13-25/h1-20,34H/b23-20-. The van der Waals surface area contributed by atoms with Crippen LogP contribution in [0.1, 0.15) is 5.69 Å². The summed E-state index contributed by atoms with van der Waals surface area (Å²) in [6.45, 7) is 0. The number of fused-ring (bicyclic) bond motifs is 1. The molecule has 5 aromatic rings. The van der Waals surface area contributed by atoms with Crippen LogP contribution in [-0.2, 0) is 0 Å². The number of ether oxygens (including phenoxy) is 1. The molecule has 1 aliphatic rings. The number of aromatic hydroxyl groups is 1. The van der Waals surface area contributed by atoms with Gasteiger partial charge in [0.25, 0.3) is 0 Å². The van der Waals surface area contributed by atoms with E-state index in [9.17, 15) is 5.11 Å². The van der Waals surface area contributed by atoms with Gasteiger partial charge in [-0.1, -0.05) is 66.7 Å². The first-order valence-electron chi connectivity index (χ1n) is 11.3. The van der Waals surface area contributed by atoms with Crippen LogP contribution in [0.5, 0.6) is 17.4 Å². The highest BCUT2D eigenvalue weighted by atomic mass is 16.5. The molecule has 0 unspecified atom stereocenters. The van der Waals surface area contributed by atoms with Crippen LogP contribution in [-0.4, -0.2) is 14.7 Å². The van der Waals surface area contributed by atoms with Gasteiger partial charge in [-0.2, -0.15) is 0 Å². The highest BCUT2D eigenvalue weighted by Crippen LogP contribution is 2.33. The zero-order valence-corrected chi connectivity index (χ0v) is 18.7. The van der Waals surface area contributed by atoms with Crippen LogP contribution in [0, 0.1) is 0 Å². The van der Waals surface area contributed by atoms with E-state index in [2.05, 4.69) is 4.99 Å². The van der Waals surface area contributed by atoms with E-state index in [4.69, 9.17) is 9.72 Å². The Morgan fingerprint density at radius 1 is 0.714 bits per heavy atom. The Balaban J connectivity index is 1.42. The van der Waals surface area contributed by atoms with Crippen LogP contribution in [0.3, 0.4) is 0 Å². The minimum Gasteiger partial charge on any atom is -0.493 e. The molecule has 5 heteroatoms. The lowest BCUT2D eigenvalue weighted by Gasteiger charge is -2.11. The number of allylic oxidation sites excluding steroid dienone is 1. The SMILES string of the molecule is Oc1c(/C=C2/C=c3ccccc3=N2)nc(-c2ccccc2)n1-c1ccc(Oc2ccccc2)cc1. The molecule has 168 valence electrons. The van der Waals surface area contributed by atoms with Crippen molar-refractivity contribution in [2.45, 2.75) is 0 Å². The predicted octanol–water partition coefficient (Wildman–Crippen LogP) is 5.49. The fraction of sp³-hybridized carbons (Fsp3) is 0.